The average molecular weight is 228 g/mol. The molecule has 0 aromatic rings. The van der Waals surface area contributed by atoms with E-state index in [4.69, 9.17) is 18.9 Å². The molecule has 2 rings (SSSR count). The summed E-state index contributed by atoms with van der Waals surface area (Å²) in [5.41, 5.74) is 0. The van der Waals surface area contributed by atoms with Crippen LogP contribution in [0.2, 0.25) is 0 Å². The first-order valence-corrected chi connectivity index (χ1v) is 5.23. The zero-order valence-corrected chi connectivity index (χ0v) is 9.58. The van der Waals surface area contributed by atoms with Gasteiger partial charge in [-0.15, -0.1) is 0 Å². The molecular weight excluding hydrogens is 212 g/mol. The summed E-state index contributed by atoms with van der Waals surface area (Å²) in [6, 6.07) is 0. The summed E-state index contributed by atoms with van der Waals surface area (Å²) in [5, 5.41) is 0. The maximum atomic E-state index is 10.3. The first kappa shape index (κ1) is 11.7. The third-order valence-corrected chi connectivity index (χ3v) is 2.68. The van der Waals surface area contributed by atoms with Gasteiger partial charge in [0.1, 0.15) is 24.6 Å². The molecule has 0 bridgehead atoms. The number of carbonyl (C=O) groups is 1. The van der Waals surface area contributed by atoms with Crippen LogP contribution in [0.25, 0.3) is 0 Å². The average Bonchev–Trinajstić information content (AvgIpc) is 2.65. The van der Waals surface area contributed by atoms with Crippen molar-refractivity contribution in [2.24, 2.45) is 0 Å². The van der Waals surface area contributed by atoms with E-state index in [1.54, 1.807) is 13.2 Å². The zero-order chi connectivity index (χ0) is 11.8. The van der Waals surface area contributed by atoms with Gasteiger partial charge in [0.2, 0.25) is 0 Å². The van der Waals surface area contributed by atoms with Crippen LogP contribution in [0.15, 0.2) is 12.2 Å². The standard InChI is InChI=1S/C11H16O5/c1-11(2)15-9-8(13-3)7(5-4-6-12)14-10(9)16-11/h4-10H,1-3H3/b5-4+/t7-,8?,9?,10-/m1/s1. The number of allylic oxidation sites excluding steroid dienone is 1. The molecule has 0 aromatic carbocycles. The molecule has 2 heterocycles. The maximum absolute atomic E-state index is 10.3. The van der Waals surface area contributed by atoms with Gasteiger partial charge in [0.15, 0.2) is 12.1 Å². The van der Waals surface area contributed by atoms with Crippen molar-refractivity contribution in [3.8, 4) is 0 Å². The summed E-state index contributed by atoms with van der Waals surface area (Å²) in [6.45, 7) is 3.66. The number of carbonyl (C=O) groups excluding carboxylic acids is 1. The van der Waals surface area contributed by atoms with Crippen molar-refractivity contribution in [1.29, 1.82) is 0 Å². The minimum Gasteiger partial charge on any atom is -0.375 e. The summed E-state index contributed by atoms with van der Waals surface area (Å²) in [5.74, 6) is -0.647. The van der Waals surface area contributed by atoms with Gasteiger partial charge in [-0.3, -0.25) is 4.79 Å². The number of fused-ring (bicyclic) bond motifs is 1. The molecule has 0 spiro atoms. The fraction of sp³-hybridized carbons (Fsp3) is 0.727. The Labute approximate surface area is 94.3 Å². The van der Waals surface area contributed by atoms with Gasteiger partial charge in [0.05, 0.1) is 0 Å². The molecule has 2 aliphatic heterocycles. The highest BCUT2D eigenvalue weighted by Crippen LogP contribution is 2.38. The summed E-state index contributed by atoms with van der Waals surface area (Å²) in [6.07, 6.45) is 2.52. The smallest absolute Gasteiger partial charge is 0.190 e. The van der Waals surface area contributed by atoms with Crippen LogP contribution < -0.4 is 0 Å². The molecule has 0 aliphatic carbocycles. The molecule has 2 fully saturated rings. The molecule has 90 valence electrons. The molecule has 5 heteroatoms. The van der Waals surface area contributed by atoms with Crippen molar-refractivity contribution in [3.05, 3.63) is 12.2 Å². The SMILES string of the molecule is COC1C2OC(C)(C)O[C@H]2O[C@@H]1/C=C/C=O. The largest absolute Gasteiger partial charge is 0.375 e. The Morgan fingerprint density at radius 1 is 1.31 bits per heavy atom. The van der Waals surface area contributed by atoms with Crippen molar-refractivity contribution >= 4 is 6.29 Å². The molecule has 0 N–H and O–H groups in total. The van der Waals surface area contributed by atoms with E-state index in [-0.39, 0.29) is 18.3 Å². The first-order valence-electron chi connectivity index (χ1n) is 5.23. The van der Waals surface area contributed by atoms with Crippen LogP contribution in [0, 0.1) is 0 Å². The third-order valence-electron chi connectivity index (χ3n) is 2.68. The van der Waals surface area contributed by atoms with E-state index in [9.17, 15) is 4.79 Å². The molecule has 5 nitrogen and oxygen atoms in total. The Balaban J connectivity index is 2.09. The third kappa shape index (κ3) is 2.04. The van der Waals surface area contributed by atoms with E-state index < -0.39 is 12.1 Å². The molecule has 0 saturated carbocycles. The number of ether oxygens (including phenoxy) is 4. The summed E-state index contributed by atoms with van der Waals surface area (Å²) >= 11 is 0. The van der Waals surface area contributed by atoms with Crippen molar-refractivity contribution in [2.45, 2.75) is 44.2 Å². The van der Waals surface area contributed by atoms with Gasteiger partial charge in [-0.25, -0.2) is 0 Å². The van der Waals surface area contributed by atoms with Crippen molar-refractivity contribution < 1.29 is 23.7 Å². The lowest BCUT2D eigenvalue weighted by Gasteiger charge is -2.23. The second-order valence-electron chi connectivity index (χ2n) is 4.29. The normalized spacial score (nSPS) is 41.4. The fourth-order valence-electron chi connectivity index (χ4n) is 2.08. The van der Waals surface area contributed by atoms with Crippen LogP contribution in [0.5, 0.6) is 0 Å². The highest BCUT2D eigenvalue weighted by Gasteiger charge is 2.54. The second-order valence-corrected chi connectivity index (χ2v) is 4.29. The van der Waals surface area contributed by atoms with Gasteiger partial charge < -0.3 is 18.9 Å². The molecule has 2 unspecified atom stereocenters. The van der Waals surface area contributed by atoms with Crippen molar-refractivity contribution in [1.82, 2.24) is 0 Å². The summed E-state index contributed by atoms with van der Waals surface area (Å²) in [4.78, 5) is 10.3. The summed E-state index contributed by atoms with van der Waals surface area (Å²) < 4.78 is 22.2. The Hall–Kier alpha value is -0.750. The summed E-state index contributed by atoms with van der Waals surface area (Å²) in [7, 11) is 1.59. The number of methoxy groups -OCH3 is 1. The van der Waals surface area contributed by atoms with Crippen molar-refractivity contribution in [2.75, 3.05) is 7.11 Å². The molecule has 4 atom stereocenters. The van der Waals surface area contributed by atoms with E-state index in [0.717, 1.165) is 0 Å². The molecule has 2 saturated heterocycles. The van der Waals surface area contributed by atoms with Crippen LogP contribution in [0.1, 0.15) is 13.8 Å². The lowest BCUT2D eigenvalue weighted by Crippen LogP contribution is -2.35. The quantitative estimate of drug-likeness (QED) is 0.524. The Morgan fingerprint density at radius 3 is 2.69 bits per heavy atom. The molecule has 2 aliphatic rings. The van der Waals surface area contributed by atoms with E-state index in [1.807, 2.05) is 13.8 Å². The number of hydrogen-bond donors (Lipinski definition) is 0. The molecule has 0 aromatic heterocycles. The van der Waals surface area contributed by atoms with E-state index in [0.29, 0.717) is 6.29 Å². The second kappa shape index (κ2) is 4.25. The van der Waals surface area contributed by atoms with E-state index in [1.165, 1.54) is 6.08 Å². The van der Waals surface area contributed by atoms with E-state index in [2.05, 4.69) is 0 Å². The van der Waals surface area contributed by atoms with Crippen LogP contribution in [-0.4, -0.2) is 43.8 Å². The van der Waals surface area contributed by atoms with Crippen LogP contribution in [-0.2, 0) is 23.7 Å². The fourth-order valence-corrected chi connectivity index (χ4v) is 2.08. The van der Waals surface area contributed by atoms with Crippen LogP contribution >= 0.6 is 0 Å². The predicted molar refractivity (Wildman–Crippen MR) is 54.7 cm³/mol. The molecule has 16 heavy (non-hydrogen) atoms. The van der Waals surface area contributed by atoms with Gasteiger partial charge in [0, 0.05) is 7.11 Å². The highest BCUT2D eigenvalue weighted by atomic mass is 16.8. The first-order chi connectivity index (χ1) is 7.57. The topological polar surface area (TPSA) is 54.0 Å². The van der Waals surface area contributed by atoms with E-state index >= 15 is 0 Å². The predicted octanol–water partition coefficient (Wildman–Crippen LogP) is 0.633. The van der Waals surface area contributed by atoms with Gasteiger partial charge in [-0.05, 0) is 26.0 Å². The number of rotatable bonds is 3. The van der Waals surface area contributed by atoms with Gasteiger partial charge in [-0.2, -0.15) is 0 Å². The van der Waals surface area contributed by atoms with Crippen LogP contribution in [0.3, 0.4) is 0 Å². The van der Waals surface area contributed by atoms with Gasteiger partial charge in [-0.1, -0.05) is 0 Å². The monoisotopic (exact) mass is 228 g/mol. The lowest BCUT2D eigenvalue weighted by molar-refractivity contribution is -0.210. The molecule has 0 radical (unpaired) electrons. The Bertz CT molecular complexity index is 299. The Kier molecular flexibility index (Phi) is 3.12. The molecular formula is C11H16O5. The highest BCUT2D eigenvalue weighted by molar-refractivity contribution is 5.64. The number of hydrogen-bond acceptors (Lipinski definition) is 5. The van der Waals surface area contributed by atoms with Crippen molar-refractivity contribution in [3.63, 3.8) is 0 Å². The Morgan fingerprint density at radius 2 is 2.06 bits per heavy atom. The molecule has 0 amide bonds. The van der Waals surface area contributed by atoms with Gasteiger partial charge >= 0.3 is 0 Å². The number of aldehydes is 1. The zero-order valence-electron chi connectivity index (χ0n) is 9.58. The lowest BCUT2D eigenvalue weighted by atomic mass is 10.1. The maximum Gasteiger partial charge on any atom is 0.190 e. The minimum absolute atomic E-state index is 0.247. The van der Waals surface area contributed by atoms with Gasteiger partial charge in [0.25, 0.3) is 0 Å². The van der Waals surface area contributed by atoms with Crippen LogP contribution in [0.4, 0.5) is 0 Å². The minimum atomic E-state index is -0.647.